The molecule has 1 aromatic heterocycles. The van der Waals surface area contributed by atoms with Gasteiger partial charge in [-0.2, -0.15) is 0 Å². The lowest BCUT2D eigenvalue weighted by atomic mass is 10.1. The number of hydrogen-bond donors (Lipinski definition) is 1. The number of benzene rings is 1. The van der Waals surface area contributed by atoms with Gasteiger partial charge in [-0.1, -0.05) is 82.9 Å². The van der Waals surface area contributed by atoms with Crippen LogP contribution >= 0.6 is 0 Å². The predicted octanol–water partition coefficient (Wildman–Crippen LogP) is 8.21. The Morgan fingerprint density at radius 1 is 0.897 bits per heavy atom. The fourth-order valence-corrected chi connectivity index (χ4v) is 3.72. The smallest absolute Gasteiger partial charge is 0.224 e. The molecule has 0 radical (unpaired) electrons. The molecule has 1 atom stereocenters. The Morgan fingerprint density at radius 2 is 1.52 bits per heavy atom. The highest BCUT2D eigenvalue weighted by Gasteiger charge is 2.14. The fourth-order valence-electron chi connectivity index (χ4n) is 3.72. The Hall–Kier alpha value is -1.61. The van der Waals surface area contributed by atoms with Crippen LogP contribution in [-0.2, 0) is 0 Å². The molecule has 0 aliphatic carbocycles. The van der Waals surface area contributed by atoms with Crippen LogP contribution in [0.25, 0.3) is 11.1 Å². The molecule has 0 spiro atoms. The van der Waals surface area contributed by atoms with Crippen LogP contribution in [0.2, 0.25) is 0 Å². The SMILES string of the molecule is CCCCCCCC/C=C\CCCCCCCC(O)c1nc2ccc(C)cc2o1. The number of aromatic nitrogens is 1. The van der Waals surface area contributed by atoms with E-state index in [0.29, 0.717) is 5.89 Å². The van der Waals surface area contributed by atoms with Crippen LogP contribution in [0.15, 0.2) is 34.8 Å². The summed E-state index contributed by atoms with van der Waals surface area (Å²) in [6.45, 7) is 4.30. The zero-order valence-electron chi connectivity index (χ0n) is 18.7. The zero-order valence-corrected chi connectivity index (χ0v) is 18.7. The van der Waals surface area contributed by atoms with Gasteiger partial charge in [0.1, 0.15) is 11.6 Å². The highest BCUT2D eigenvalue weighted by atomic mass is 16.4. The van der Waals surface area contributed by atoms with E-state index in [1.165, 1.54) is 70.6 Å². The summed E-state index contributed by atoms with van der Waals surface area (Å²) in [5.74, 6) is 0.459. The van der Waals surface area contributed by atoms with Gasteiger partial charge in [-0.25, -0.2) is 4.98 Å². The Balaban J connectivity index is 1.45. The topological polar surface area (TPSA) is 46.3 Å². The summed E-state index contributed by atoms with van der Waals surface area (Å²) in [5.41, 5.74) is 2.74. The average molecular weight is 400 g/mol. The second-order valence-electron chi connectivity index (χ2n) is 8.41. The molecule has 0 saturated heterocycles. The summed E-state index contributed by atoms with van der Waals surface area (Å²) < 4.78 is 5.72. The largest absolute Gasteiger partial charge is 0.438 e. The van der Waals surface area contributed by atoms with E-state index in [2.05, 4.69) is 24.1 Å². The van der Waals surface area contributed by atoms with Crippen molar-refractivity contribution >= 4 is 11.1 Å². The third-order valence-corrected chi connectivity index (χ3v) is 5.58. The molecular weight excluding hydrogens is 358 g/mol. The van der Waals surface area contributed by atoms with Gasteiger partial charge in [-0.15, -0.1) is 0 Å². The maximum atomic E-state index is 10.3. The standard InChI is InChI=1S/C26H41NO2/c1-3-4-5-6-7-8-9-10-11-12-13-14-15-16-17-18-24(28)26-27-23-20-19-22(2)21-25(23)29-26/h10-11,19-21,24,28H,3-9,12-18H2,1-2H3/b11-10-. The van der Waals surface area contributed by atoms with E-state index >= 15 is 0 Å². The number of oxazole rings is 1. The highest BCUT2D eigenvalue weighted by Crippen LogP contribution is 2.24. The van der Waals surface area contributed by atoms with E-state index < -0.39 is 6.10 Å². The number of aliphatic hydroxyl groups excluding tert-OH is 1. The van der Waals surface area contributed by atoms with Crippen LogP contribution in [0.1, 0.15) is 114 Å². The summed E-state index contributed by atoms with van der Waals surface area (Å²) in [6, 6.07) is 5.94. The van der Waals surface area contributed by atoms with Gasteiger partial charge in [0.2, 0.25) is 5.89 Å². The quantitative estimate of drug-likeness (QED) is 0.228. The molecule has 3 nitrogen and oxygen atoms in total. The number of rotatable bonds is 16. The van der Waals surface area contributed by atoms with Gasteiger partial charge < -0.3 is 9.52 Å². The Labute approximate surface area is 177 Å². The maximum absolute atomic E-state index is 10.3. The van der Waals surface area contributed by atoms with Gasteiger partial charge in [0, 0.05) is 0 Å². The molecule has 2 rings (SSSR count). The monoisotopic (exact) mass is 399 g/mol. The first-order chi connectivity index (χ1) is 14.2. The van der Waals surface area contributed by atoms with Crippen molar-refractivity contribution in [2.24, 2.45) is 0 Å². The normalized spacial score (nSPS) is 12.9. The Kier molecular flexibility index (Phi) is 11.7. The van der Waals surface area contributed by atoms with Crippen LogP contribution in [0, 0.1) is 6.92 Å². The zero-order chi connectivity index (χ0) is 20.7. The van der Waals surface area contributed by atoms with Crippen LogP contribution in [0.4, 0.5) is 0 Å². The Morgan fingerprint density at radius 3 is 2.21 bits per heavy atom. The molecule has 1 aromatic carbocycles. The molecular formula is C26H41NO2. The van der Waals surface area contributed by atoms with Gasteiger partial charge in [-0.05, 0) is 56.7 Å². The number of unbranched alkanes of at least 4 members (excludes halogenated alkanes) is 11. The van der Waals surface area contributed by atoms with E-state index in [9.17, 15) is 5.11 Å². The average Bonchev–Trinajstić information content (AvgIpc) is 3.14. The summed E-state index contributed by atoms with van der Waals surface area (Å²) in [4.78, 5) is 4.42. The number of nitrogens with zero attached hydrogens (tertiary/aromatic N) is 1. The summed E-state index contributed by atoms with van der Waals surface area (Å²) >= 11 is 0. The summed E-state index contributed by atoms with van der Waals surface area (Å²) in [6.07, 6.45) is 21.6. The Bertz CT molecular complexity index is 704. The first-order valence-electron chi connectivity index (χ1n) is 11.9. The number of aliphatic hydroxyl groups is 1. The molecule has 162 valence electrons. The van der Waals surface area contributed by atoms with E-state index in [4.69, 9.17) is 4.42 Å². The lowest BCUT2D eigenvalue weighted by molar-refractivity contribution is 0.133. The first-order valence-corrected chi connectivity index (χ1v) is 11.9. The van der Waals surface area contributed by atoms with Crippen molar-refractivity contribution in [2.75, 3.05) is 0 Å². The molecule has 3 heteroatoms. The number of fused-ring (bicyclic) bond motifs is 1. The predicted molar refractivity (Wildman–Crippen MR) is 123 cm³/mol. The second kappa shape index (κ2) is 14.4. The molecule has 1 N–H and O–H groups in total. The maximum Gasteiger partial charge on any atom is 0.224 e. The van der Waals surface area contributed by atoms with Gasteiger partial charge in [-0.3, -0.25) is 0 Å². The van der Waals surface area contributed by atoms with Crippen molar-refractivity contribution in [3.63, 3.8) is 0 Å². The van der Waals surface area contributed by atoms with Gasteiger partial charge in [0.25, 0.3) is 0 Å². The minimum atomic E-state index is -0.590. The number of allylic oxidation sites excluding steroid dienone is 2. The van der Waals surface area contributed by atoms with Gasteiger partial charge in [0.05, 0.1) is 0 Å². The summed E-state index contributed by atoms with van der Waals surface area (Å²) in [7, 11) is 0. The highest BCUT2D eigenvalue weighted by molar-refractivity contribution is 5.73. The van der Waals surface area contributed by atoms with Crippen molar-refractivity contribution in [1.29, 1.82) is 0 Å². The van der Waals surface area contributed by atoms with Gasteiger partial charge >= 0.3 is 0 Å². The van der Waals surface area contributed by atoms with Crippen LogP contribution in [0.3, 0.4) is 0 Å². The molecule has 0 fully saturated rings. The second-order valence-corrected chi connectivity index (χ2v) is 8.41. The van der Waals surface area contributed by atoms with E-state index in [0.717, 1.165) is 35.9 Å². The minimum Gasteiger partial charge on any atom is -0.438 e. The number of aryl methyl sites for hydroxylation is 1. The van der Waals surface area contributed by atoms with Crippen molar-refractivity contribution in [2.45, 2.75) is 110 Å². The molecule has 0 bridgehead atoms. The summed E-state index contributed by atoms with van der Waals surface area (Å²) in [5, 5.41) is 10.3. The van der Waals surface area contributed by atoms with E-state index in [1.807, 2.05) is 25.1 Å². The van der Waals surface area contributed by atoms with Crippen molar-refractivity contribution in [1.82, 2.24) is 4.98 Å². The molecule has 0 aliphatic rings. The van der Waals surface area contributed by atoms with E-state index in [-0.39, 0.29) is 0 Å². The molecule has 1 unspecified atom stereocenters. The van der Waals surface area contributed by atoms with E-state index in [1.54, 1.807) is 0 Å². The lowest BCUT2D eigenvalue weighted by Gasteiger charge is -2.06. The first kappa shape index (κ1) is 23.7. The number of hydrogen-bond acceptors (Lipinski definition) is 3. The lowest BCUT2D eigenvalue weighted by Crippen LogP contribution is -1.97. The van der Waals surface area contributed by atoms with Gasteiger partial charge in [0.15, 0.2) is 5.58 Å². The molecule has 0 aliphatic heterocycles. The molecule has 1 heterocycles. The van der Waals surface area contributed by atoms with Crippen molar-refractivity contribution in [3.05, 3.63) is 41.8 Å². The fraction of sp³-hybridized carbons (Fsp3) is 0.654. The van der Waals surface area contributed by atoms with Crippen LogP contribution in [-0.4, -0.2) is 10.1 Å². The van der Waals surface area contributed by atoms with Crippen molar-refractivity contribution < 1.29 is 9.52 Å². The molecule has 0 saturated carbocycles. The minimum absolute atomic E-state index is 0.459. The van der Waals surface area contributed by atoms with Crippen LogP contribution < -0.4 is 0 Å². The third-order valence-electron chi connectivity index (χ3n) is 5.58. The molecule has 0 amide bonds. The van der Waals surface area contributed by atoms with Crippen molar-refractivity contribution in [3.8, 4) is 0 Å². The molecule has 2 aromatic rings. The third kappa shape index (κ3) is 9.62. The van der Waals surface area contributed by atoms with Crippen LogP contribution in [0.5, 0.6) is 0 Å². The molecule has 29 heavy (non-hydrogen) atoms.